The van der Waals surface area contributed by atoms with Crippen LogP contribution in [0.15, 0.2) is 24.3 Å². The van der Waals surface area contributed by atoms with Crippen LogP contribution in [0.5, 0.6) is 5.75 Å². The summed E-state index contributed by atoms with van der Waals surface area (Å²) in [5, 5.41) is 0. The van der Waals surface area contributed by atoms with Crippen molar-refractivity contribution < 1.29 is 9.53 Å². The quantitative estimate of drug-likeness (QED) is 0.793. The van der Waals surface area contributed by atoms with Crippen molar-refractivity contribution in [1.82, 2.24) is 9.80 Å². The molecule has 3 rings (SSSR count). The molecule has 2 aliphatic rings. The SMILES string of the molecule is COc1ccc(CCC(=O)N2CCN(CC3CCCCC3)CC2)cc1. The van der Waals surface area contributed by atoms with Crippen molar-refractivity contribution in [2.45, 2.75) is 44.9 Å². The van der Waals surface area contributed by atoms with E-state index >= 15 is 0 Å². The van der Waals surface area contributed by atoms with Crippen molar-refractivity contribution in [1.29, 1.82) is 0 Å². The number of carbonyl (C=O) groups is 1. The van der Waals surface area contributed by atoms with Gasteiger partial charge in [-0.3, -0.25) is 9.69 Å². The minimum atomic E-state index is 0.299. The third kappa shape index (κ3) is 5.46. The molecule has 0 unspecified atom stereocenters. The maximum absolute atomic E-state index is 12.5. The Bertz CT molecular complexity index is 529. The van der Waals surface area contributed by atoms with E-state index in [2.05, 4.69) is 9.80 Å². The van der Waals surface area contributed by atoms with Gasteiger partial charge in [0.15, 0.2) is 0 Å². The number of nitrogens with zero attached hydrogens (tertiary/aromatic N) is 2. The monoisotopic (exact) mass is 344 g/mol. The molecular weight excluding hydrogens is 312 g/mol. The van der Waals surface area contributed by atoms with Gasteiger partial charge in [0.2, 0.25) is 5.91 Å². The van der Waals surface area contributed by atoms with E-state index in [1.165, 1.54) is 44.2 Å². The number of piperazine rings is 1. The molecule has 0 atom stereocenters. The second-order valence-corrected chi connectivity index (χ2v) is 7.53. The molecule has 0 aromatic heterocycles. The largest absolute Gasteiger partial charge is 0.497 e. The number of carbonyl (C=O) groups excluding carboxylic acids is 1. The van der Waals surface area contributed by atoms with Crippen LogP contribution in [0, 0.1) is 5.92 Å². The van der Waals surface area contributed by atoms with E-state index in [1.54, 1.807) is 7.11 Å². The van der Waals surface area contributed by atoms with Crippen LogP contribution < -0.4 is 4.74 Å². The Hall–Kier alpha value is -1.55. The molecule has 0 bridgehead atoms. The molecule has 4 nitrogen and oxygen atoms in total. The van der Waals surface area contributed by atoms with Gasteiger partial charge in [0.05, 0.1) is 7.11 Å². The molecule has 1 aromatic carbocycles. The Kier molecular flexibility index (Phi) is 6.74. The lowest BCUT2D eigenvalue weighted by Crippen LogP contribution is -2.49. The maximum atomic E-state index is 12.5. The van der Waals surface area contributed by atoms with Gasteiger partial charge in [-0.1, -0.05) is 31.4 Å². The molecule has 1 aliphatic carbocycles. The fourth-order valence-corrected chi connectivity index (χ4v) is 4.12. The molecule has 138 valence electrons. The van der Waals surface area contributed by atoms with Crippen LogP contribution in [-0.2, 0) is 11.2 Å². The van der Waals surface area contributed by atoms with Crippen molar-refractivity contribution in [3.05, 3.63) is 29.8 Å². The predicted molar refractivity (Wildman–Crippen MR) is 101 cm³/mol. The molecule has 1 saturated heterocycles. The van der Waals surface area contributed by atoms with Gasteiger partial charge in [0.25, 0.3) is 0 Å². The maximum Gasteiger partial charge on any atom is 0.222 e. The number of benzene rings is 1. The van der Waals surface area contributed by atoms with Crippen LogP contribution in [0.2, 0.25) is 0 Å². The van der Waals surface area contributed by atoms with Crippen LogP contribution in [0.1, 0.15) is 44.1 Å². The van der Waals surface area contributed by atoms with E-state index in [0.717, 1.165) is 44.3 Å². The zero-order valence-electron chi connectivity index (χ0n) is 15.6. The summed E-state index contributed by atoms with van der Waals surface area (Å²) in [6.07, 6.45) is 8.47. The highest BCUT2D eigenvalue weighted by atomic mass is 16.5. The normalized spacial score (nSPS) is 19.8. The molecule has 1 saturated carbocycles. The molecule has 1 amide bonds. The van der Waals surface area contributed by atoms with Gasteiger partial charge in [0.1, 0.15) is 5.75 Å². The number of hydrogen-bond acceptors (Lipinski definition) is 3. The zero-order chi connectivity index (χ0) is 17.5. The van der Waals surface area contributed by atoms with Gasteiger partial charge in [-0.2, -0.15) is 0 Å². The van der Waals surface area contributed by atoms with Crippen molar-refractivity contribution in [2.75, 3.05) is 39.8 Å². The third-order valence-corrected chi connectivity index (χ3v) is 5.75. The Morgan fingerprint density at radius 1 is 1.04 bits per heavy atom. The lowest BCUT2D eigenvalue weighted by Gasteiger charge is -2.37. The van der Waals surface area contributed by atoms with E-state index in [4.69, 9.17) is 4.74 Å². The number of hydrogen-bond donors (Lipinski definition) is 0. The van der Waals surface area contributed by atoms with Crippen molar-refractivity contribution in [3.63, 3.8) is 0 Å². The highest BCUT2D eigenvalue weighted by Crippen LogP contribution is 2.24. The Morgan fingerprint density at radius 3 is 2.36 bits per heavy atom. The first-order valence-electron chi connectivity index (χ1n) is 9.87. The van der Waals surface area contributed by atoms with Crippen LogP contribution in [-0.4, -0.2) is 55.5 Å². The Labute approximate surface area is 152 Å². The summed E-state index contributed by atoms with van der Waals surface area (Å²) < 4.78 is 5.17. The summed E-state index contributed by atoms with van der Waals surface area (Å²) in [5.41, 5.74) is 1.20. The van der Waals surface area contributed by atoms with Crippen molar-refractivity contribution in [3.8, 4) is 5.75 Å². The summed E-state index contributed by atoms with van der Waals surface area (Å²) in [4.78, 5) is 17.1. The number of aryl methyl sites for hydroxylation is 1. The standard InChI is InChI=1S/C21H32N2O2/c1-25-20-10-7-18(8-11-20)9-12-21(24)23-15-13-22(14-16-23)17-19-5-3-2-4-6-19/h7-8,10-11,19H,2-6,9,12-17H2,1H3. The van der Waals surface area contributed by atoms with Crippen molar-refractivity contribution in [2.24, 2.45) is 5.92 Å². The van der Waals surface area contributed by atoms with Gasteiger partial charge in [0, 0.05) is 39.1 Å². The van der Waals surface area contributed by atoms with Crippen LogP contribution in [0.4, 0.5) is 0 Å². The van der Waals surface area contributed by atoms with Gasteiger partial charge < -0.3 is 9.64 Å². The van der Waals surface area contributed by atoms with Gasteiger partial charge >= 0.3 is 0 Å². The Morgan fingerprint density at radius 2 is 1.72 bits per heavy atom. The summed E-state index contributed by atoms with van der Waals surface area (Å²) in [7, 11) is 1.67. The number of ether oxygens (including phenoxy) is 1. The fourth-order valence-electron chi connectivity index (χ4n) is 4.12. The van der Waals surface area contributed by atoms with Gasteiger partial charge in [-0.05, 0) is 42.9 Å². The summed E-state index contributed by atoms with van der Waals surface area (Å²) in [6.45, 7) is 5.13. The summed E-state index contributed by atoms with van der Waals surface area (Å²) >= 11 is 0. The average Bonchev–Trinajstić information content (AvgIpc) is 2.68. The number of methoxy groups -OCH3 is 1. The van der Waals surface area contributed by atoms with Gasteiger partial charge in [-0.25, -0.2) is 0 Å². The number of rotatable bonds is 6. The second kappa shape index (κ2) is 9.23. The molecule has 0 N–H and O–H groups in total. The van der Waals surface area contributed by atoms with E-state index in [0.29, 0.717) is 12.3 Å². The third-order valence-electron chi connectivity index (χ3n) is 5.75. The number of amides is 1. The molecular formula is C21H32N2O2. The molecule has 0 radical (unpaired) electrons. The van der Waals surface area contributed by atoms with E-state index < -0.39 is 0 Å². The topological polar surface area (TPSA) is 32.8 Å². The van der Waals surface area contributed by atoms with Crippen LogP contribution in [0.25, 0.3) is 0 Å². The smallest absolute Gasteiger partial charge is 0.222 e. The van der Waals surface area contributed by atoms with Crippen LogP contribution >= 0.6 is 0 Å². The lowest BCUT2D eigenvalue weighted by molar-refractivity contribution is -0.133. The van der Waals surface area contributed by atoms with Crippen molar-refractivity contribution >= 4 is 5.91 Å². The van der Waals surface area contributed by atoms with E-state index in [1.807, 2.05) is 24.3 Å². The second-order valence-electron chi connectivity index (χ2n) is 7.53. The minimum Gasteiger partial charge on any atom is -0.497 e. The fraction of sp³-hybridized carbons (Fsp3) is 0.667. The highest BCUT2D eigenvalue weighted by molar-refractivity contribution is 5.76. The molecule has 1 heterocycles. The average molecular weight is 344 g/mol. The first-order valence-corrected chi connectivity index (χ1v) is 9.87. The molecule has 1 aromatic rings. The predicted octanol–water partition coefficient (Wildman–Crippen LogP) is 3.35. The van der Waals surface area contributed by atoms with E-state index in [-0.39, 0.29) is 0 Å². The molecule has 25 heavy (non-hydrogen) atoms. The first-order chi connectivity index (χ1) is 12.2. The van der Waals surface area contributed by atoms with Gasteiger partial charge in [-0.15, -0.1) is 0 Å². The summed E-state index contributed by atoms with van der Waals surface area (Å²) in [5.74, 6) is 2.06. The first kappa shape index (κ1) is 18.2. The summed E-state index contributed by atoms with van der Waals surface area (Å²) in [6, 6.07) is 8.02. The zero-order valence-corrected chi connectivity index (χ0v) is 15.6. The molecule has 0 spiro atoms. The molecule has 4 heteroatoms. The lowest BCUT2D eigenvalue weighted by atomic mass is 9.89. The Balaban J connectivity index is 1.37. The molecule has 1 aliphatic heterocycles. The van der Waals surface area contributed by atoms with E-state index in [9.17, 15) is 4.79 Å². The van der Waals surface area contributed by atoms with Crippen LogP contribution in [0.3, 0.4) is 0 Å². The molecule has 2 fully saturated rings. The highest BCUT2D eigenvalue weighted by Gasteiger charge is 2.23. The minimum absolute atomic E-state index is 0.299.